The molecular weight excluding hydrogens is 504 g/mol. The molecule has 2 unspecified atom stereocenters. The van der Waals surface area contributed by atoms with E-state index in [1.807, 2.05) is 19.1 Å². The second-order valence-corrected chi connectivity index (χ2v) is 10.7. The average Bonchev–Trinajstić information content (AvgIpc) is 2.86. The Morgan fingerprint density at radius 2 is 1.67 bits per heavy atom. The van der Waals surface area contributed by atoms with E-state index < -0.39 is 76.2 Å². The molecule has 0 saturated heterocycles. The van der Waals surface area contributed by atoms with Crippen LogP contribution in [0.15, 0.2) is 42.5 Å². The number of aliphatic hydroxyl groups is 2. The van der Waals surface area contributed by atoms with Gasteiger partial charge >= 0.3 is 0 Å². The highest BCUT2D eigenvalue weighted by Gasteiger charge is 2.72. The van der Waals surface area contributed by atoms with Gasteiger partial charge in [-0.05, 0) is 43.8 Å². The SMILES string of the molecule is Cc1ccc(/C=C2\c3cccc(O)c3C(=O)C3C(=O)[C@@]4(O)C(=O)C(C(N)=O)C(=O)[C@H](N(C)C)[C@H]4[C@H](O)[C@@H]23)cc1. The van der Waals surface area contributed by atoms with Crippen LogP contribution in [-0.4, -0.2) is 81.1 Å². The van der Waals surface area contributed by atoms with E-state index in [4.69, 9.17) is 5.73 Å². The number of aryl methyl sites for hydroxylation is 1. The fourth-order valence-electron chi connectivity index (χ4n) is 6.51. The number of amides is 1. The van der Waals surface area contributed by atoms with Crippen molar-refractivity contribution in [2.24, 2.45) is 29.4 Å². The lowest BCUT2D eigenvalue weighted by atomic mass is 9.50. The second-order valence-electron chi connectivity index (χ2n) is 10.7. The fourth-order valence-corrected chi connectivity index (χ4v) is 6.51. The lowest BCUT2D eigenvalue weighted by molar-refractivity contribution is -0.192. The Bertz CT molecular complexity index is 1480. The van der Waals surface area contributed by atoms with E-state index >= 15 is 0 Å². The maximum absolute atomic E-state index is 14.1. The molecule has 39 heavy (non-hydrogen) atoms. The number of primary amides is 1. The van der Waals surface area contributed by atoms with Crippen LogP contribution in [0.1, 0.15) is 27.0 Å². The van der Waals surface area contributed by atoms with Crippen LogP contribution in [0.25, 0.3) is 11.6 Å². The highest BCUT2D eigenvalue weighted by atomic mass is 16.3. The highest BCUT2D eigenvalue weighted by Crippen LogP contribution is 2.54. The minimum Gasteiger partial charge on any atom is -0.507 e. The van der Waals surface area contributed by atoms with Gasteiger partial charge in [-0.1, -0.05) is 48.0 Å². The fraction of sp³-hybridized carbons (Fsp3) is 0.345. The Hall–Kier alpha value is -3.99. The van der Waals surface area contributed by atoms with Crippen LogP contribution in [0.2, 0.25) is 0 Å². The quantitative estimate of drug-likeness (QED) is 0.401. The molecule has 1 amide bonds. The van der Waals surface area contributed by atoms with Crippen molar-refractivity contribution in [3.8, 4) is 5.75 Å². The second kappa shape index (κ2) is 9.04. The number of hydrogen-bond acceptors (Lipinski definition) is 9. The molecule has 0 heterocycles. The smallest absolute Gasteiger partial charge is 0.235 e. The van der Waals surface area contributed by atoms with E-state index in [1.165, 1.54) is 31.1 Å². The van der Waals surface area contributed by atoms with E-state index in [-0.39, 0.29) is 11.1 Å². The largest absolute Gasteiger partial charge is 0.507 e. The number of ketones is 4. The summed E-state index contributed by atoms with van der Waals surface area (Å²) in [6.07, 6.45) is -0.0746. The van der Waals surface area contributed by atoms with Crippen LogP contribution in [0, 0.1) is 30.6 Å². The number of aliphatic hydroxyl groups excluding tert-OH is 1. The van der Waals surface area contributed by atoms with E-state index in [0.717, 1.165) is 5.56 Å². The minimum absolute atomic E-state index is 0.186. The Morgan fingerprint density at radius 3 is 2.26 bits per heavy atom. The number of benzene rings is 2. The minimum atomic E-state index is -3.05. The molecule has 2 saturated carbocycles. The molecule has 0 aromatic heterocycles. The number of nitrogens with two attached hydrogens (primary N) is 1. The molecule has 2 fully saturated rings. The van der Waals surface area contributed by atoms with Gasteiger partial charge in [0, 0.05) is 5.92 Å². The van der Waals surface area contributed by atoms with E-state index in [2.05, 4.69) is 0 Å². The van der Waals surface area contributed by atoms with Crippen molar-refractivity contribution in [3.63, 3.8) is 0 Å². The Morgan fingerprint density at radius 1 is 1.03 bits per heavy atom. The van der Waals surface area contributed by atoms with Gasteiger partial charge in [-0.15, -0.1) is 0 Å². The number of carbonyl (C=O) groups is 5. The Balaban J connectivity index is 1.79. The first-order valence-electron chi connectivity index (χ1n) is 12.5. The molecule has 10 nitrogen and oxygen atoms in total. The molecule has 0 spiro atoms. The van der Waals surface area contributed by atoms with Crippen LogP contribution < -0.4 is 5.73 Å². The Kier molecular flexibility index (Phi) is 6.17. The van der Waals surface area contributed by atoms with Crippen molar-refractivity contribution < 1.29 is 39.3 Å². The van der Waals surface area contributed by atoms with Crippen LogP contribution in [-0.2, 0) is 19.2 Å². The standard InChI is InChI=1S/C29H28N2O8/c1-12-7-9-13(10-8-12)11-15-14-5-4-6-16(32)17(14)23(33)19-18(15)24(34)21-22(31(2)3)25(35)20(28(30)38)27(37)29(21,39)26(19)36/h4-11,18-22,24,32,34,39H,1-3H3,(H2,30,38)/b15-11+/t18-,19?,20?,21-,22+,24+,29+/m0/s1. The first-order chi connectivity index (χ1) is 18.3. The molecular formula is C29H28N2O8. The molecule has 0 aliphatic heterocycles. The summed E-state index contributed by atoms with van der Waals surface area (Å²) in [5.74, 6) is -13.1. The van der Waals surface area contributed by atoms with E-state index in [1.54, 1.807) is 24.3 Å². The summed E-state index contributed by atoms with van der Waals surface area (Å²) in [6, 6.07) is 10.2. The summed E-state index contributed by atoms with van der Waals surface area (Å²) < 4.78 is 0. The number of aromatic hydroxyl groups is 1. The Labute approximate surface area is 223 Å². The summed E-state index contributed by atoms with van der Waals surface area (Å²) in [5.41, 5.74) is 4.38. The molecule has 0 bridgehead atoms. The number of fused-ring (bicyclic) bond motifs is 3. The van der Waals surface area contributed by atoms with Gasteiger partial charge in [0.2, 0.25) is 5.91 Å². The maximum Gasteiger partial charge on any atom is 0.235 e. The van der Waals surface area contributed by atoms with Crippen molar-refractivity contribution in [3.05, 3.63) is 64.7 Å². The maximum atomic E-state index is 14.1. The molecule has 7 atom stereocenters. The highest BCUT2D eigenvalue weighted by molar-refractivity contribution is 6.33. The number of phenolic OH excluding ortho intramolecular Hbond substituents is 1. The molecule has 2 aromatic carbocycles. The number of rotatable bonds is 3. The van der Waals surface area contributed by atoms with Gasteiger partial charge in [0.25, 0.3) is 0 Å². The third kappa shape index (κ3) is 3.63. The van der Waals surface area contributed by atoms with Gasteiger partial charge in [-0.25, -0.2) is 0 Å². The van der Waals surface area contributed by atoms with Crippen molar-refractivity contribution >= 4 is 40.7 Å². The number of nitrogens with zero attached hydrogens (tertiary/aromatic N) is 1. The number of carbonyl (C=O) groups excluding carboxylic acids is 5. The molecule has 10 heteroatoms. The van der Waals surface area contributed by atoms with E-state index in [0.29, 0.717) is 11.1 Å². The van der Waals surface area contributed by atoms with Crippen LogP contribution >= 0.6 is 0 Å². The zero-order valence-corrected chi connectivity index (χ0v) is 21.5. The summed E-state index contributed by atoms with van der Waals surface area (Å²) in [7, 11) is 2.89. The summed E-state index contributed by atoms with van der Waals surface area (Å²) in [5, 5.41) is 34.2. The topological polar surface area (TPSA) is 175 Å². The molecule has 5 N–H and O–H groups in total. The molecule has 5 rings (SSSR count). The lowest BCUT2D eigenvalue weighted by Crippen LogP contribution is -2.77. The van der Waals surface area contributed by atoms with Gasteiger partial charge in [0.1, 0.15) is 5.75 Å². The van der Waals surface area contributed by atoms with Gasteiger partial charge in [0.15, 0.2) is 34.7 Å². The molecule has 202 valence electrons. The molecule has 3 aliphatic rings. The summed E-state index contributed by atoms with van der Waals surface area (Å²) in [6.45, 7) is 1.90. The first kappa shape index (κ1) is 26.6. The zero-order valence-electron chi connectivity index (χ0n) is 21.5. The van der Waals surface area contributed by atoms with Crippen molar-refractivity contribution in [2.75, 3.05) is 14.1 Å². The summed E-state index contributed by atoms with van der Waals surface area (Å²) in [4.78, 5) is 68.1. The third-order valence-corrected chi connectivity index (χ3v) is 8.27. The normalized spacial score (nSPS) is 33.1. The molecule has 0 radical (unpaired) electrons. The van der Waals surface area contributed by atoms with Crippen molar-refractivity contribution in [1.82, 2.24) is 4.90 Å². The number of Topliss-reactive ketones (excluding diaryl/α,β-unsaturated/α-hetero) is 4. The van der Waals surface area contributed by atoms with Crippen molar-refractivity contribution in [2.45, 2.75) is 24.7 Å². The molecule has 3 aliphatic carbocycles. The monoisotopic (exact) mass is 532 g/mol. The summed E-state index contributed by atoms with van der Waals surface area (Å²) >= 11 is 0. The lowest BCUT2D eigenvalue weighted by Gasteiger charge is -2.55. The van der Waals surface area contributed by atoms with Crippen molar-refractivity contribution in [1.29, 1.82) is 0 Å². The predicted octanol–water partition coefficient (Wildman–Crippen LogP) is 0.144. The van der Waals surface area contributed by atoms with Crippen LogP contribution in [0.3, 0.4) is 0 Å². The van der Waals surface area contributed by atoms with Crippen LogP contribution in [0.5, 0.6) is 5.75 Å². The van der Waals surface area contributed by atoms with Gasteiger partial charge in [-0.2, -0.15) is 0 Å². The van der Waals surface area contributed by atoms with Gasteiger partial charge in [0.05, 0.1) is 29.5 Å². The third-order valence-electron chi connectivity index (χ3n) is 8.27. The predicted molar refractivity (Wildman–Crippen MR) is 138 cm³/mol. The zero-order chi connectivity index (χ0) is 28.5. The van der Waals surface area contributed by atoms with Gasteiger partial charge < -0.3 is 21.1 Å². The number of phenols is 1. The van der Waals surface area contributed by atoms with E-state index in [9.17, 15) is 39.3 Å². The number of hydrogen-bond donors (Lipinski definition) is 4. The van der Waals surface area contributed by atoms with Gasteiger partial charge in [-0.3, -0.25) is 28.9 Å². The molecule has 2 aromatic rings. The van der Waals surface area contributed by atoms with Crippen LogP contribution in [0.4, 0.5) is 0 Å². The number of likely N-dealkylation sites (N-methyl/N-ethyl adjacent to an activating group) is 1. The first-order valence-corrected chi connectivity index (χ1v) is 12.5. The average molecular weight is 533 g/mol.